The van der Waals surface area contributed by atoms with Crippen LogP contribution in [-0.2, 0) is 0 Å². The van der Waals surface area contributed by atoms with Crippen LogP contribution in [0.2, 0.25) is 0 Å². The minimum atomic E-state index is 0.984. The van der Waals surface area contributed by atoms with Crippen LogP contribution in [0.4, 0.5) is 0 Å². The van der Waals surface area contributed by atoms with Crippen molar-refractivity contribution in [2.24, 2.45) is 0 Å². The summed E-state index contributed by atoms with van der Waals surface area (Å²) < 4.78 is 2.07. The Kier molecular flexibility index (Phi) is 1.69. The lowest BCUT2D eigenvalue weighted by atomic mass is 10.2. The summed E-state index contributed by atoms with van der Waals surface area (Å²) in [5, 5.41) is 0. The molecule has 13 heavy (non-hydrogen) atoms. The molecular weight excluding hydrogens is 160 g/mol. The fourth-order valence-electron chi connectivity index (χ4n) is 1.63. The Hall–Kier alpha value is -1.57. The molecule has 2 aromatic heterocycles. The maximum atomic E-state index is 4.44. The molecule has 2 nitrogen and oxygen atoms in total. The third-order valence-electron chi connectivity index (χ3n) is 2.11. The van der Waals surface area contributed by atoms with Gasteiger partial charge in [-0.2, -0.15) is 0 Å². The molecule has 0 atom stereocenters. The molecule has 0 aromatic carbocycles. The normalized spacial score (nSPS) is 10.6. The van der Waals surface area contributed by atoms with Crippen molar-refractivity contribution in [2.45, 2.75) is 13.8 Å². The SMILES string of the molecule is C=C(C)c1c(C)nc2ccccn12. The van der Waals surface area contributed by atoms with Gasteiger partial charge in [0.15, 0.2) is 0 Å². The Morgan fingerprint density at radius 1 is 1.46 bits per heavy atom. The van der Waals surface area contributed by atoms with E-state index in [4.69, 9.17) is 0 Å². The summed E-state index contributed by atoms with van der Waals surface area (Å²) >= 11 is 0. The Labute approximate surface area is 77.5 Å². The molecule has 2 rings (SSSR count). The Balaban J connectivity index is 2.86. The third-order valence-corrected chi connectivity index (χ3v) is 2.11. The quantitative estimate of drug-likeness (QED) is 0.646. The number of imidazole rings is 1. The molecule has 2 aromatic rings. The molecule has 2 heteroatoms. The van der Waals surface area contributed by atoms with Crippen LogP contribution in [0.3, 0.4) is 0 Å². The van der Waals surface area contributed by atoms with Crippen molar-refractivity contribution < 1.29 is 0 Å². The van der Waals surface area contributed by atoms with E-state index >= 15 is 0 Å². The van der Waals surface area contributed by atoms with Crippen LogP contribution in [0.25, 0.3) is 11.2 Å². The minimum Gasteiger partial charge on any atom is -0.300 e. The fourth-order valence-corrected chi connectivity index (χ4v) is 1.63. The van der Waals surface area contributed by atoms with E-state index in [-0.39, 0.29) is 0 Å². The molecule has 0 unspecified atom stereocenters. The molecule has 0 radical (unpaired) electrons. The van der Waals surface area contributed by atoms with Crippen molar-refractivity contribution >= 4 is 11.2 Å². The van der Waals surface area contributed by atoms with Crippen LogP contribution in [0.15, 0.2) is 31.0 Å². The van der Waals surface area contributed by atoms with Crippen LogP contribution in [0.1, 0.15) is 18.3 Å². The van der Waals surface area contributed by atoms with Gasteiger partial charge >= 0.3 is 0 Å². The summed E-state index contributed by atoms with van der Waals surface area (Å²) in [4.78, 5) is 4.44. The maximum Gasteiger partial charge on any atom is 0.137 e. The van der Waals surface area contributed by atoms with Crippen LogP contribution in [0, 0.1) is 6.92 Å². The second kappa shape index (κ2) is 2.73. The van der Waals surface area contributed by atoms with Gasteiger partial charge in [0.05, 0.1) is 11.4 Å². The summed E-state index contributed by atoms with van der Waals surface area (Å²) in [7, 11) is 0. The summed E-state index contributed by atoms with van der Waals surface area (Å²) in [6, 6.07) is 5.99. The average molecular weight is 172 g/mol. The van der Waals surface area contributed by atoms with Gasteiger partial charge < -0.3 is 0 Å². The highest BCUT2D eigenvalue weighted by atomic mass is 15.0. The van der Waals surface area contributed by atoms with E-state index in [9.17, 15) is 0 Å². The van der Waals surface area contributed by atoms with Crippen molar-refractivity contribution in [1.29, 1.82) is 0 Å². The number of aryl methyl sites for hydroxylation is 1. The zero-order valence-corrected chi connectivity index (χ0v) is 7.91. The second-order valence-corrected chi connectivity index (χ2v) is 3.25. The number of hydrogen-bond donors (Lipinski definition) is 0. The minimum absolute atomic E-state index is 0.984. The van der Waals surface area contributed by atoms with Gasteiger partial charge in [0.25, 0.3) is 0 Å². The van der Waals surface area contributed by atoms with E-state index in [1.54, 1.807) is 0 Å². The number of nitrogens with zero attached hydrogens (tertiary/aromatic N) is 2. The average Bonchev–Trinajstić information content (AvgIpc) is 2.39. The Morgan fingerprint density at radius 3 is 2.92 bits per heavy atom. The number of aromatic nitrogens is 2. The molecule has 0 fully saturated rings. The van der Waals surface area contributed by atoms with Gasteiger partial charge in [0, 0.05) is 6.20 Å². The predicted octanol–water partition coefficient (Wildman–Crippen LogP) is 2.68. The van der Waals surface area contributed by atoms with E-state index < -0.39 is 0 Å². The number of pyridine rings is 1. The molecule has 0 saturated carbocycles. The first-order chi connectivity index (χ1) is 6.20. The van der Waals surface area contributed by atoms with Gasteiger partial charge in [-0.1, -0.05) is 12.6 Å². The maximum absolute atomic E-state index is 4.44. The summed E-state index contributed by atoms with van der Waals surface area (Å²) in [5.74, 6) is 0. The topological polar surface area (TPSA) is 17.3 Å². The second-order valence-electron chi connectivity index (χ2n) is 3.25. The largest absolute Gasteiger partial charge is 0.300 e. The molecule has 0 aliphatic heterocycles. The number of allylic oxidation sites excluding steroid dienone is 1. The molecule has 0 N–H and O–H groups in total. The van der Waals surface area contributed by atoms with Crippen molar-refractivity contribution in [3.8, 4) is 0 Å². The van der Waals surface area contributed by atoms with Gasteiger partial charge in [0.1, 0.15) is 5.65 Å². The first-order valence-electron chi connectivity index (χ1n) is 4.29. The number of rotatable bonds is 1. The lowest BCUT2D eigenvalue weighted by molar-refractivity contribution is 1.15. The zero-order valence-electron chi connectivity index (χ0n) is 7.91. The highest BCUT2D eigenvalue weighted by molar-refractivity contribution is 5.64. The van der Waals surface area contributed by atoms with Crippen LogP contribution < -0.4 is 0 Å². The standard InChI is InChI=1S/C11H12N2/c1-8(2)11-9(3)12-10-6-4-5-7-13(10)11/h4-7H,1H2,2-3H3. The Morgan fingerprint density at radius 2 is 2.23 bits per heavy atom. The predicted molar refractivity (Wildman–Crippen MR) is 54.6 cm³/mol. The van der Waals surface area contributed by atoms with E-state index in [1.807, 2.05) is 38.2 Å². The molecule has 0 amide bonds. The van der Waals surface area contributed by atoms with E-state index in [2.05, 4.69) is 16.0 Å². The molecular formula is C11H12N2. The van der Waals surface area contributed by atoms with Gasteiger partial charge in [0.2, 0.25) is 0 Å². The fraction of sp³-hybridized carbons (Fsp3) is 0.182. The van der Waals surface area contributed by atoms with Gasteiger partial charge in [-0.15, -0.1) is 0 Å². The van der Waals surface area contributed by atoms with E-state index in [0.717, 1.165) is 22.6 Å². The zero-order chi connectivity index (χ0) is 9.42. The van der Waals surface area contributed by atoms with Gasteiger partial charge in [-0.3, -0.25) is 4.40 Å². The van der Waals surface area contributed by atoms with Crippen molar-refractivity contribution in [1.82, 2.24) is 9.38 Å². The number of fused-ring (bicyclic) bond motifs is 1. The summed E-state index contributed by atoms with van der Waals surface area (Å²) in [6.45, 7) is 7.96. The van der Waals surface area contributed by atoms with Gasteiger partial charge in [-0.05, 0) is 31.6 Å². The molecule has 0 saturated heterocycles. The first kappa shape index (κ1) is 8.05. The molecule has 0 aliphatic rings. The molecule has 0 bridgehead atoms. The van der Waals surface area contributed by atoms with Crippen LogP contribution >= 0.6 is 0 Å². The summed E-state index contributed by atoms with van der Waals surface area (Å²) in [6.07, 6.45) is 2.01. The monoisotopic (exact) mass is 172 g/mol. The molecule has 66 valence electrons. The van der Waals surface area contributed by atoms with Crippen molar-refractivity contribution in [3.63, 3.8) is 0 Å². The summed E-state index contributed by atoms with van der Waals surface area (Å²) in [5.41, 5.74) is 4.20. The van der Waals surface area contributed by atoms with Crippen molar-refractivity contribution in [3.05, 3.63) is 42.4 Å². The number of hydrogen-bond acceptors (Lipinski definition) is 1. The first-order valence-corrected chi connectivity index (χ1v) is 4.29. The van der Waals surface area contributed by atoms with E-state index in [1.165, 1.54) is 0 Å². The van der Waals surface area contributed by atoms with Gasteiger partial charge in [-0.25, -0.2) is 4.98 Å². The lowest BCUT2D eigenvalue weighted by Crippen LogP contribution is -1.89. The van der Waals surface area contributed by atoms with Crippen LogP contribution in [0.5, 0.6) is 0 Å². The molecule has 2 heterocycles. The molecule has 0 aliphatic carbocycles. The Bertz CT molecular complexity index is 466. The van der Waals surface area contributed by atoms with Crippen LogP contribution in [-0.4, -0.2) is 9.38 Å². The highest BCUT2D eigenvalue weighted by Crippen LogP contribution is 2.18. The van der Waals surface area contributed by atoms with Crippen molar-refractivity contribution in [2.75, 3.05) is 0 Å². The lowest BCUT2D eigenvalue weighted by Gasteiger charge is -2.00. The molecule has 0 spiro atoms. The van der Waals surface area contributed by atoms with E-state index in [0.29, 0.717) is 0 Å². The third kappa shape index (κ3) is 1.15. The smallest absolute Gasteiger partial charge is 0.137 e. The highest BCUT2D eigenvalue weighted by Gasteiger charge is 2.07.